The maximum Gasteiger partial charge on any atom is 0.300 e. The summed E-state index contributed by atoms with van der Waals surface area (Å²) in [5.74, 6) is 0.383. The Hall–Kier alpha value is -4.78. The Kier molecular flexibility index (Phi) is 6.04. The van der Waals surface area contributed by atoms with Crippen molar-refractivity contribution in [2.24, 2.45) is 0 Å². The van der Waals surface area contributed by atoms with Gasteiger partial charge in [-0.1, -0.05) is 18.2 Å². The lowest BCUT2D eigenvalue weighted by Crippen LogP contribution is -2.29. The highest BCUT2D eigenvalue weighted by atomic mass is 16.5. The molecule has 36 heavy (non-hydrogen) atoms. The monoisotopic (exact) mass is 481 g/mol. The first-order valence-electron chi connectivity index (χ1n) is 11.3. The zero-order valence-corrected chi connectivity index (χ0v) is 19.7. The fraction of sp³-hybridized carbons (Fsp3) is 0.103. The fourth-order valence-corrected chi connectivity index (χ4v) is 4.29. The summed E-state index contributed by atoms with van der Waals surface area (Å²) in [7, 11) is 1.55. The van der Waals surface area contributed by atoms with Gasteiger partial charge in [0, 0.05) is 11.3 Å². The topological polar surface area (TPSA) is 89.2 Å². The van der Waals surface area contributed by atoms with Crippen LogP contribution >= 0.6 is 0 Å². The van der Waals surface area contributed by atoms with Crippen LogP contribution in [0.3, 0.4) is 0 Å². The standard InChI is InChI=1S/C29H23NO6/c1-18-17-22(34-2)14-15-23(18)27(31)25-26(24-9-6-16-35-24)30(29(33)28(25)32)19-10-12-21(13-11-19)36-20-7-4-3-5-8-20/h3-17,26,31H,1-2H3/b27-25-. The molecule has 0 saturated carbocycles. The first-order valence-corrected chi connectivity index (χ1v) is 11.3. The Morgan fingerprint density at radius 3 is 2.22 bits per heavy atom. The molecule has 0 bridgehead atoms. The normalized spacial score (nSPS) is 16.8. The molecule has 4 aromatic rings. The summed E-state index contributed by atoms with van der Waals surface area (Å²) in [5.41, 5.74) is 1.54. The van der Waals surface area contributed by atoms with Gasteiger partial charge in [-0.3, -0.25) is 14.5 Å². The van der Waals surface area contributed by atoms with E-state index in [1.165, 1.54) is 11.2 Å². The van der Waals surface area contributed by atoms with E-state index in [1.54, 1.807) is 68.6 Å². The van der Waals surface area contributed by atoms with E-state index in [4.69, 9.17) is 13.9 Å². The zero-order chi connectivity index (χ0) is 25.2. The van der Waals surface area contributed by atoms with E-state index in [-0.39, 0.29) is 11.3 Å². The van der Waals surface area contributed by atoms with E-state index in [9.17, 15) is 14.7 Å². The number of aryl methyl sites for hydroxylation is 1. The third-order valence-corrected chi connectivity index (χ3v) is 6.04. The molecule has 1 atom stereocenters. The summed E-state index contributed by atoms with van der Waals surface area (Å²) >= 11 is 0. The van der Waals surface area contributed by atoms with Crippen LogP contribution in [0.1, 0.15) is 22.9 Å². The average Bonchev–Trinajstić information content (AvgIpc) is 3.51. The first-order chi connectivity index (χ1) is 17.5. The number of para-hydroxylation sites is 1. The minimum Gasteiger partial charge on any atom is -0.507 e. The molecule has 1 aliphatic rings. The number of ether oxygens (including phenoxy) is 2. The number of nitrogens with zero attached hydrogens (tertiary/aromatic N) is 1. The molecular formula is C29H23NO6. The van der Waals surface area contributed by atoms with Crippen molar-refractivity contribution in [1.29, 1.82) is 0 Å². The predicted octanol–water partition coefficient (Wildman–Crippen LogP) is 6.02. The molecule has 0 radical (unpaired) electrons. The van der Waals surface area contributed by atoms with Crippen LogP contribution in [0.2, 0.25) is 0 Å². The van der Waals surface area contributed by atoms with E-state index in [0.717, 1.165) is 0 Å². The lowest BCUT2D eigenvalue weighted by atomic mass is 9.97. The van der Waals surface area contributed by atoms with E-state index < -0.39 is 17.7 Å². The van der Waals surface area contributed by atoms with Gasteiger partial charge in [0.2, 0.25) is 0 Å². The van der Waals surface area contributed by atoms with Crippen molar-refractivity contribution in [3.05, 3.63) is 114 Å². The number of furan rings is 1. The summed E-state index contributed by atoms with van der Waals surface area (Å²) in [6, 6.07) is 23.6. The van der Waals surface area contributed by atoms with Crippen LogP contribution in [0.15, 0.2) is 101 Å². The highest BCUT2D eigenvalue weighted by Crippen LogP contribution is 2.43. The number of methoxy groups -OCH3 is 1. The van der Waals surface area contributed by atoms with Crippen molar-refractivity contribution in [2.75, 3.05) is 12.0 Å². The van der Waals surface area contributed by atoms with Gasteiger partial charge in [0.15, 0.2) is 0 Å². The molecule has 3 aromatic carbocycles. The Morgan fingerprint density at radius 2 is 1.58 bits per heavy atom. The van der Waals surface area contributed by atoms with Gasteiger partial charge in [-0.05, 0) is 79.2 Å². The summed E-state index contributed by atoms with van der Waals surface area (Å²) in [6.45, 7) is 1.79. The van der Waals surface area contributed by atoms with Crippen LogP contribution in [0.4, 0.5) is 5.69 Å². The van der Waals surface area contributed by atoms with E-state index in [0.29, 0.717) is 39.8 Å². The number of carbonyl (C=O) groups is 2. The van der Waals surface area contributed by atoms with Gasteiger partial charge >= 0.3 is 0 Å². The predicted molar refractivity (Wildman–Crippen MR) is 134 cm³/mol. The molecule has 0 spiro atoms. The van der Waals surface area contributed by atoms with Gasteiger partial charge in [0.1, 0.15) is 34.8 Å². The second kappa shape index (κ2) is 9.46. The van der Waals surface area contributed by atoms with Crippen molar-refractivity contribution in [3.8, 4) is 17.2 Å². The Labute approximate surface area is 207 Å². The molecule has 1 saturated heterocycles. The molecular weight excluding hydrogens is 458 g/mol. The van der Waals surface area contributed by atoms with Crippen molar-refractivity contribution < 1.29 is 28.6 Å². The number of hydrogen-bond donors (Lipinski definition) is 1. The number of aliphatic hydroxyl groups is 1. The van der Waals surface area contributed by atoms with Crippen LogP contribution in [-0.2, 0) is 9.59 Å². The molecule has 7 nitrogen and oxygen atoms in total. The van der Waals surface area contributed by atoms with E-state index >= 15 is 0 Å². The van der Waals surface area contributed by atoms with Crippen molar-refractivity contribution in [2.45, 2.75) is 13.0 Å². The highest BCUT2D eigenvalue weighted by molar-refractivity contribution is 6.51. The van der Waals surface area contributed by atoms with Crippen LogP contribution < -0.4 is 14.4 Å². The molecule has 5 rings (SSSR count). The molecule has 0 aliphatic carbocycles. The largest absolute Gasteiger partial charge is 0.507 e. The molecule has 2 heterocycles. The third-order valence-electron chi connectivity index (χ3n) is 6.04. The van der Waals surface area contributed by atoms with Gasteiger partial charge in [0.05, 0.1) is 18.9 Å². The van der Waals surface area contributed by atoms with Gasteiger partial charge in [-0.2, -0.15) is 0 Å². The van der Waals surface area contributed by atoms with E-state index in [2.05, 4.69) is 0 Å². The smallest absolute Gasteiger partial charge is 0.300 e. The molecule has 1 N–H and O–H groups in total. The van der Waals surface area contributed by atoms with Crippen LogP contribution in [0, 0.1) is 6.92 Å². The second-order valence-corrected chi connectivity index (χ2v) is 8.27. The summed E-state index contributed by atoms with van der Waals surface area (Å²) < 4.78 is 16.7. The van der Waals surface area contributed by atoms with Crippen molar-refractivity contribution in [3.63, 3.8) is 0 Å². The number of Topliss-reactive ketones (excluding diaryl/α,β-unsaturated/α-hetero) is 1. The Morgan fingerprint density at radius 1 is 0.889 bits per heavy atom. The number of benzene rings is 3. The molecule has 1 amide bonds. The molecule has 7 heteroatoms. The Bertz CT molecular complexity index is 1440. The van der Waals surface area contributed by atoms with Gasteiger partial charge in [0.25, 0.3) is 11.7 Å². The number of ketones is 1. The average molecular weight is 482 g/mol. The minimum atomic E-state index is -0.942. The van der Waals surface area contributed by atoms with Gasteiger partial charge in [-0.15, -0.1) is 0 Å². The lowest BCUT2D eigenvalue weighted by Gasteiger charge is -2.23. The number of hydrogen-bond acceptors (Lipinski definition) is 6. The quantitative estimate of drug-likeness (QED) is 0.206. The zero-order valence-electron chi connectivity index (χ0n) is 19.7. The lowest BCUT2D eigenvalue weighted by molar-refractivity contribution is -0.132. The molecule has 1 aromatic heterocycles. The maximum atomic E-state index is 13.3. The van der Waals surface area contributed by atoms with Crippen LogP contribution in [-0.4, -0.2) is 23.9 Å². The summed E-state index contributed by atoms with van der Waals surface area (Å²) in [6.07, 6.45) is 1.46. The molecule has 180 valence electrons. The Balaban J connectivity index is 1.56. The highest BCUT2D eigenvalue weighted by Gasteiger charge is 2.48. The number of aliphatic hydroxyl groups excluding tert-OH is 1. The first kappa shape index (κ1) is 23.0. The number of rotatable bonds is 6. The van der Waals surface area contributed by atoms with Crippen molar-refractivity contribution in [1.82, 2.24) is 0 Å². The van der Waals surface area contributed by atoms with E-state index in [1.807, 2.05) is 30.3 Å². The SMILES string of the molecule is COc1ccc(/C(O)=C2/C(=O)C(=O)N(c3ccc(Oc4ccccc4)cc3)C2c2ccco2)c(C)c1. The molecule has 1 aliphatic heterocycles. The van der Waals surface area contributed by atoms with Crippen LogP contribution in [0.5, 0.6) is 17.2 Å². The summed E-state index contributed by atoms with van der Waals surface area (Å²) in [4.78, 5) is 27.8. The number of anilines is 1. The maximum absolute atomic E-state index is 13.3. The second-order valence-electron chi connectivity index (χ2n) is 8.27. The number of amides is 1. The fourth-order valence-electron chi connectivity index (χ4n) is 4.29. The third kappa shape index (κ3) is 4.11. The van der Waals surface area contributed by atoms with Gasteiger partial charge < -0.3 is 19.0 Å². The molecule has 1 unspecified atom stereocenters. The van der Waals surface area contributed by atoms with Crippen molar-refractivity contribution >= 4 is 23.1 Å². The van der Waals surface area contributed by atoms with Gasteiger partial charge in [-0.25, -0.2) is 0 Å². The minimum absolute atomic E-state index is 0.0483. The van der Waals surface area contributed by atoms with Crippen LogP contribution in [0.25, 0.3) is 5.76 Å². The number of carbonyl (C=O) groups excluding carboxylic acids is 2. The molecule has 1 fully saturated rings. The summed E-state index contributed by atoms with van der Waals surface area (Å²) in [5, 5.41) is 11.3.